The van der Waals surface area contributed by atoms with Crippen LogP contribution in [0, 0.1) is 16.7 Å². The number of hydrazine groups is 1. The largest absolute Gasteiger partial charge is 0.272 e. The molecule has 1 fully saturated rings. The number of nitriles is 1. The molecule has 86 valence electrons. The summed E-state index contributed by atoms with van der Waals surface area (Å²) in [6.07, 6.45) is 0. The number of benzene rings is 1. The van der Waals surface area contributed by atoms with Gasteiger partial charge in [-0.05, 0) is 26.0 Å². The number of carbonyl (C=O) groups is 1. The predicted molar refractivity (Wildman–Crippen MR) is 64.7 cm³/mol. The van der Waals surface area contributed by atoms with Gasteiger partial charge >= 0.3 is 0 Å². The first-order chi connectivity index (χ1) is 7.98. The number of amides is 1. The second-order valence-electron chi connectivity index (χ2n) is 4.48. The zero-order valence-electron chi connectivity index (χ0n) is 9.82. The lowest BCUT2D eigenvalue weighted by atomic mass is 9.90. The van der Waals surface area contributed by atoms with Gasteiger partial charge in [-0.25, -0.2) is 0 Å². The summed E-state index contributed by atoms with van der Waals surface area (Å²) in [5, 5.41) is 10.6. The van der Waals surface area contributed by atoms with Gasteiger partial charge in [0.2, 0.25) is 5.91 Å². The van der Waals surface area contributed by atoms with Crippen LogP contribution in [0.25, 0.3) is 0 Å². The Morgan fingerprint density at radius 2 is 2.06 bits per heavy atom. The third-order valence-corrected chi connectivity index (χ3v) is 3.04. The molecular weight excluding hydrogens is 214 g/mol. The van der Waals surface area contributed by atoms with E-state index in [1.54, 1.807) is 37.1 Å². The van der Waals surface area contributed by atoms with Crippen LogP contribution in [0.3, 0.4) is 0 Å². The topological polar surface area (TPSA) is 56.1 Å². The molecule has 1 heterocycles. The summed E-state index contributed by atoms with van der Waals surface area (Å²) in [6, 6.07) is 9.20. The van der Waals surface area contributed by atoms with Gasteiger partial charge in [-0.15, -0.1) is 0 Å². The van der Waals surface area contributed by atoms with Crippen LogP contribution in [0.1, 0.15) is 19.4 Å². The van der Waals surface area contributed by atoms with Crippen molar-refractivity contribution in [1.82, 2.24) is 5.43 Å². The minimum absolute atomic E-state index is 0.116. The summed E-state index contributed by atoms with van der Waals surface area (Å²) in [7, 11) is 0. The molecule has 1 aromatic rings. The first kappa shape index (κ1) is 11.2. The molecule has 1 aromatic carbocycles. The van der Waals surface area contributed by atoms with Crippen molar-refractivity contribution in [2.45, 2.75) is 13.8 Å². The van der Waals surface area contributed by atoms with Crippen LogP contribution in [0.2, 0.25) is 0 Å². The van der Waals surface area contributed by atoms with Gasteiger partial charge in [-0.3, -0.25) is 15.2 Å². The standard InChI is InChI=1S/C13H13N3O/c1-9-13(2,3)12(17)15-16(9)11-7-5-4-6-10(11)8-14/h4-7H,1H2,2-3H3,(H,15,17). The molecule has 0 atom stereocenters. The zero-order chi connectivity index (χ0) is 12.6. The Balaban J connectivity index is 2.48. The Morgan fingerprint density at radius 1 is 1.41 bits per heavy atom. The average Bonchev–Trinajstić information content (AvgIpc) is 2.53. The van der Waals surface area contributed by atoms with Gasteiger partial charge < -0.3 is 0 Å². The summed E-state index contributed by atoms with van der Waals surface area (Å²) in [6.45, 7) is 7.53. The van der Waals surface area contributed by atoms with Gasteiger partial charge in [0.25, 0.3) is 0 Å². The Kier molecular flexibility index (Phi) is 2.40. The van der Waals surface area contributed by atoms with Crippen LogP contribution in [-0.2, 0) is 4.79 Å². The molecule has 0 spiro atoms. The second kappa shape index (κ2) is 3.63. The van der Waals surface area contributed by atoms with Gasteiger partial charge in [0.15, 0.2) is 0 Å². The fourth-order valence-electron chi connectivity index (χ4n) is 1.69. The number of hydrogen-bond donors (Lipinski definition) is 1. The first-order valence-corrected chi connectivity index (χ1v) is 5.28. The van der Waals surface area contributed by atoms with Crippen LogP contribution in [0.15, 0.2) is 36.5 Å². The highest BCUT2D eigenvalue weighted by Gasteiger charge is 2.42. The number of nitrogens with zero attached hydrogens (tertiary/aromatic N) is 2. The van der Waals surface area contributed by atoms with E-state index in [1.165, 1.54) is 0 Å². The number of rotatable bonds is 1. The Labute approximate surface area is 100 Å². The molecule has 4 heteroatoms. The maximum atomic E-state index is 11.8. The quantitative estimate of drug-likeness (QED) is 0.797. The minimum Gasteiger partial charge on any atom is -0.272 e. The van der Waals surface area contributed by atoms with Crippen molar-refractivity contribution in [2.75, 3.05) is 5.01 Å². The van der Waals surface area contributed by atoms with Crippen LogP contribution in [0.5, 0.6) is 0 Å². The summed E-state index contributed by atoms with van der Waals surface area (Å²) in [4.78, 5) is 11.8. The van der Waals surface area contributed by atoms with Gasteiger partial charge in [0.05, 0.1) is 16.7 Å². The molecule has 0 radical (unpaired) electrons. The molecule has 0 saturated carbocycles. The molecule has 4 nitrogen and oxygen atoms in total. The van der Waals surface area contributed by atoms with Crippen molar-refractivity contribution in [3.8, 4) is 6.07 Å². The highest BCUT2D eigenvalue weighted by molar-refractivity contribution is 5.92. The summed E-state index contributed by atoms with van der Waals surface area (Å²) in [5.41, 5.74) is 3.88. The molecule has 17 heavy (non-hydrogen) atoms. The van der Waals surface area contributed by atoms with Gasteiger partial charge in [-0.1, -0.05) is 18.7 Å². The zero-order valence-corrected chi connectivity index (χ0v) is 9.82. The molecule has 1 aliphatic heterocycles. The van der Waals surface area contributed by atoms with Crippen LogP contribution in [-0.4, -0.2) is 5.91 Å². The number of nitrogens with one attached hydrogen (secondary N) is 1. The van der Waals surface area contributed by atoms with Crippen molar-refractivity contribution < 1.29 is 4.79 Å². The van der Waals surface area contributed by atoms with Gasteiger partial charge in [0, 0.05) is 5.70 Å². The SMILES string of the molecule is C=C1N(c2ccccc2C#N)NC(=O)C1(C)C. The molecule has 1 aliphatic rings. The van der Waals surface area contributed by atoms with E-state index in [2.05, 4.69) is 18.1 Å². The molecule has 0 aromatic heterocycles. The van der Waals surface area contributed by atoms with Gasteiger partial charge in [0.1, 0.15) is 6.07 Å². The highest BCUT2D eigenvalue weighted by Crippen LogP contribution is 2.36. The lowest BCUT2D eigenvalue weighted by Crippen LogP contribution is -2.33. The average molecular weight is 227 g/mol. The van der Waals surface area contributed by atoms with Crippen molar-refractivity contribution in [3.05, 3.63) is 42.1 Å². The van der Waals surface area contributed by atoms with E-state index >= 15 is 0 Å². The van der Waals surface area contributed by atoms with E-state index in [0.29, 0.717) is 16.9 Å². The molecule has 2 rings (SSSR count). The van der Waals surface area contributed by atoms with E-state index in [1.807, 2.05) is 6.07 Å². The van der Waals surface area contributed by atoms with E-state index in [0.717, 1.165) is 0 Å². The van der Waals surface area contributed by atoms with Crippen LogP contribution in [0.4, 0.5) is 5.69 Å². The molecule has 1 amide bonds. The predicted octanol–water partition coefficient (Wildman–Crippen LogP) is 1.95. The normalized spacial score (nSPS) is 17.8. The highest BCUT2D eigenvalue weighted by atomic mass is 16.2. The maximum absolute atomic E-state index is 11.8. The second-order valence-corrected chi connectivity index (χ2v) is 4.48. The van der Waals surface area contributed by atoms with Crippen LogP contribution >= 0.6 is 0 Å². The third-order valence-electron chi connectivity index (χ3n) is 3.04. The number of hydrogen-bond acceptors (Lipinski definition) is 3. The summed E-state index contributed by atoms with van der Waals surface area (Å²) < 4.78 is 0. The van der Waals surface area contributed by atoms with Crippen LogP contribution < -0.4 is 10.4 Å². The fourth-order valence-corrected chi connectivity index (χ4v) is 1.69. The van der Waals surface area contributed by atoms with E-state index in [-0.39, 0.29) is 5.91 Å². The fraction of sp³-hybridized carbons (Fsp3) is 0.231. The minimum atomic E-state index is -0.650. The van der Waals surface area contributed by atoms with Crippen molar-refractivity contribution in [1.29, 1.82) is 5.26 Å². The van der Waals surface area contributed by atoms with Gasteiger partial charge in [-0.2, -0.15) is 5.26 Å². The Morgan fingerprint density at radius 3 is 2.59 bits per heavy atom. The Hall–Kier alpha value is -2.28. The van der Waals surface area contributed by atoms with Crippen molar-refractivity contribution in [2.24, 2.45) is 5.41 Å². The van der Waals surface area contributed by atoms with E-state index in [9.17, 15) is 4.79 Å². The maximum Gasteiger partial charge on any atom is 0.250 e. The summed E-state index contributed by atoms with van der Waals surface area (Å²) in [5.74, 6) is -0.116. The van der Waals surface area contributed by atoms with Crippen molar-refractivity contribution in [3.63, 3.8) is 0 Å². The number of carbonyl (C=O) groups excluding carboxylic acids is 1. The first-order valence-electron chi connectivity index (χ1n) is 5.28. The number of anilines is 1. The van der Waals surface area contributed by atoms with E-state index < -0.39 is 5.41 Å². The number of para-hydroxylation sites is 1. The summed E-state index contributed by atoms with van der Waals surface area (Å²) >= 11 is 0. The lowest BCUT2D eigenvalue weighted by Gasteiger charge is -2.22. The molecule has 1 saturated heterocycles. The molecular formula is C13H13N3O. The molecule has 0 bridgehead atoms. The van der Waals surface area contributed by atoms with E-state index in [4.69, 9.17) is 5.26 Å². The third kappa shape index (κ3) is 1.56. The molecule has 0 aliphatic carbocycles. The van der Waals surface area contributed by atoms with Crippen molar-refractivity contribution >= 4 is 11.6 Å². The monoisotopic (exact) mass is 227 g/mol. The smallest absolute Gasteiger partial charge is 0.250 e. The Bertz CT molecular complexity index is 540. The molecule has 1 N–H and O–H groups in total. The lowest BCUT2D eigenvalue weighted by molar-refractivity contribution is -0.125. The molecule has 0 unspecified atom stereocenters.